The van der Waals surface area contributed by atoms with Crippen LogP contribution in [0.4, 0.5) is 0 Å². The topological polar surface area (TPSA) is 16.6 Å². The van der Waals surface area contributed by atoms with Crippen LogP contribution in [-0.4, -0.2) is 6.54 Å². The molecule has 0 heterocycles. The lowest BCUT2D eigenvalue weighted by Crippen LogP contribution is -2.82. The average molecular weight is 213 g/mol. The molecular weight excluding hydrogens is 194 g/mol. The third kappa shape index (κ3) is 4.64. The summed E-state index contributed by atoms with van der Waals surface area (Å²) in [5, 5.41) is 3.18. The fourth-order valence-electron chi connectivity index (χ4n) is 1.43. The molecule has 2 heteroatoms. The quantitative estimate of drug-likeness (QED) is 0.699. The Labute approximate surface area is 91.5 Å². The first kappa shape index (κ1) is 11.5. The molecular formula is C12H19ClN+. The highest BCUT2D eigenvalue weighted by Gasteiger charge is 1.95. The summed E-state index contributed by atoms with van der Waals surface area (Å²) in [7, 11) is 0. The lowest BCUT2D eigenvalue weighted by Gasteiger charge is -2.01. The number of halogens is 1. The number of hydrogen-bond donors (Lipinski definition) is 1. The van der Waals surface area contributed by atoms with E-state index in [9.17, 15) is 0 Å². The fraction of sp³-hybridized carbons (Fsp3) is 0.500. The van der Waals surface area contributed by atoms with Gasteiger partial charge in [-0.15, -0.1) is 0 Å². The molecule has 0 saturated heterocycles. The Morgan fingerprint density at radius 3 is 2.50 bits per heavy atom. The Morgan fingerprint density at radius 1 is 1.14 bits per heavy atom. The van der Waals surface area contributed by atoms with E-state index < -0.39 is 0 Å². The van der Waals surface area contributed by atoms with E-state index in [1.165, 1.54) is 31.4 Å². The van der Waals surface area contributed by atoms with Gasteiger partial charge in [0.2, 0.25) is 0 Å². The molecule has 1 aromatic carbocycles. The third-order valence-corrected chi connectivity index (χ3v) is 2.56. The van der Waals surface area contributed by atoms with Gasteiger partial charge in [-0.25, -0.2) is 0 Å². The molecule has 0 aliphatic heterocycles. The number of hydrogen-bond acceptors (Lipinski definition) is 0. The van der Waals surface area contributed by atoms with E-state index in [0.717, 1.165) is 11.6 Å². The molecule has 78 valence electrons. The molecule has 0 spiro atoms. The molecule has 14 heavy (non-hydrogen) atoms. The number of unbranched alkanes of at least 4 members (excludes halogenated alkanes) is 2. The van der Waals surface area contributed by atoms with E-state index in [2.05, 4.69) is 24.4 Å². The molecule has 0 bridgehead atoms. The van der Waals surface area contributed by atoms with Gasteiger partial charge in [-0.3, -0.25) is 0 Å². The monoisotopic (exact) mass is 212 g/mol. The zero-order valence-corrected chi connectivity index (χ0v) is 9.56. The van der Waals surface area contributed by atoms with Crippen LogP contribution in [0.1, 0.15) is 31.7 Å². The molecule has 2 N–H and O–H groups in total. The van der Waals surface area contributed by atoms with E-state index >= 15 is 0 Å². The SMILES string of the molecule is CCCCC[NH2+]Cc1ccc(Cl)cc1. The van der Waals surface area contributed by atoms with Crippen molar-refractivity contribution in [3.8, 4) is 0 Å². The highest BCUT2D eigenvalue weighted by Crippen LogP contribution is 2.08. The summed E-state index contributed by atoms with van der Waals surface area (Å²) in [6.45, 7) is 4.54. The summed E-state index contributed by atoms with van der Waals surface area (Å²) >= 11 is 5.80. The van der Waals surface area contributed by atoms with Gasteiger partial charge in [0, 0.05) is 10.6 Å². The molecule has 0 aromatic heterocycles. The van der Waals surface area contributed by atoms with Crippen molar-refractivity contribution in [3.63, 3.8) is 0 Å². The summed E-state index contributed by atoms with van der Waals surface area (Å²) < 4.78 is 0. The molecule has 0 saturated carbocycles. The molecule has 0 aliphatic carbocycles. The summed E-state index contributed by atoms with van der Waals surface area (Å²) in [5.74, 6) is 0. The Balaban J connectivity index is 2.15. The first-order valence-corrected chi connectivity index (χ1v) is 5.77. The first-order chi connectivity index (χ1) is 6.83. The molecule has 1 nitrogen and oxygen atoms in total. The van der Waals surface area contributed by atoms with Crippen molar-refractivity contribution >= 4 is 11.6 Å². The molecule has 0 atom stereocenters. The maximum Gasteiger partial charge on any atom is 0.101 e. The van der Waals surface area contributed by atoms with E-state index in [4.69, 9.17) is 11.6 Å². The van der Waals surface area contributed by atoms with Gasteiger partial charge in [-0.1, -0.05) is 37.1 Å². The van der Waals surface area contributed by atoms with Gasteiger partial charge < -0.3 is 5.32 Å². The molecule has 1 aromatic rings. The van der Waals surface area contributed by atoms with Gasteiger partial charge in [0.1, 0.15) is 6.54 Å². The Bertz CT molecular complexity index is 243. The van der Waals surface area contributed by atoms with Crippen LogP contribution in [0.15, 0.2) is 24.3 Å². The van der Waals surface area contributed by atoms with Gasteiger partial charge in [0.05, 0.1) is 6.54 Å². The summed E-state index contributed by atoms with van der Waals surface area (Å²) in [6, 6.07) is 8.10. The minimum absolute atomic E-state index is 0.819. The van der Waals surface area contributed by atoms with E-state index in [0.29, 0.717) is 0 Å². The molecule has 1 rings (SSSR count). The maximum atomic E-state index is 5.80. The minimum atomic E-state index is 0.819. The van der Waals surface area contributed by atoms with Crippen LogP contribution in [0.3, 0.4) is 0 Å². The third-order valence-electron chi connectivity index (χ3n) is 2.31. The van der Waals surface area contributed by atoms with Gasteiger partial charge in [-0.2, -0.15) is 0 Å². The zero-order valence-electron chi connectivity index (χ0n) is 8.80. The van der Waals surface area contributed by atoms with E-state index in [-0.39, 0.29) is 0 Å². The summed E-state index contributed by atoms with van der Waals surface area (Å²) in [5.41, 5.74) is 1.35. The van der Waals surface area contributed by atoms with Crippen LogP contribution in [0.5, 0.6) is 0 Å². The predicted molar refractivity (Wildman–Crippen MR) is 61.5 cm³/mol. The second-order valence-electron chi connectivity index (χ2n) is 3.62. The molecule has 0 fully saturated rings. The second kappa shape index (κ2) is 6.86. The van der Waals surface area contributed by atoms with Gasteiger partial charge in [0.15, 0.2) is 0 Å². The normalized spacial score (nSPS) is 10.4. The van der Waals surface area contributed by atoms with E-state index in [1.807, 2.05) is 12.1 Å². The van der Waals surface area contributed by atoms with Crippen LogP contribution in [0.25, 0.3) is 0 Å². The lowest BCUT2D eigenvalue weighted by atomic mass is 10.2. The molecule has 0 radical (unpaired) electrons. The second-order valence-corrected chi connectivity index (χ2v) is 4.05. The Morgan fingerprint density at radius 2 is 1.86 bits per heavy atom. The van der Waals surface area contributed by atoms with Crippen molar-refractivity contribution in [1.82, 2.24) is 0 Å². The minimum Gasteiger partial charge on any atom is -0.343 e. The summed E-state index contributed by atoms with van der Waals surface area (Å²) in [4.78, 5) is 0. The highest BCUT2D eigenvalue weighted by atomic mass is 35.5. The number of benzene rings is 1. The van der Waals surface area contributed by atoms with Crippen LogP contribution < -0.4 is 5.32 Å². The van der Waals surface area contributed by atoms with Crippen LogP contribution in [0.2, 0.25) is 5.02 Å². The van der Waals surface area contributed by atoms with Gasteiger partial charge in [-0.05, 0) is 25.0 Å². The summed E-state index contributed by atoms with van der Waals surface area (Å²) in [6.07, 6.45) is 3.97. The van der Waals surface area contributed by atoms with Crippen LogP contribution >= 0.6 is 11.6 Å². The Hall–Kier alpha value is -0.530. The van der Waals surface area contributed by atoms with Crippen molar-refractivity contribution < 1.29 is 5.32 Å². The van der Waals surface area contributed by atoms with Gasteiger partial charge in [0.25, 0.3) is 0 Å². The molecule has 0 unspecified atom stereocenters. The van der Waals surface area contributed by atoms with Crippen molar-refractivity contribution in [3.05, 3.63) is 34.9 Å². The van der Waals surface area contributed by atoms with Crippen LogP contribution in [-0.2, 0) is 6.54 Å². The predicted octanol–water partition coefficient (Wildman–Crippen LogP) is 2.59. The van der Waals surface area contributed by atoms with Crippen molar-refractivity contribution in [2.75, 3.05) is 6.54 Å². The maximum absolute atomic E-state index is 5.80. The van der Waals surface area contributed by atoms with Crippen molar-refractivity contribution in [2.45, 2.75) is 32.7 Å². The van der Waals surface area contributed by atoms with Crippen molar-refractivity contribution in [1.29, 1.82) is 0 Å². The first-order valence-electron chi connectivity index (χ1n) is 5.39. The Kier molecular flexibility index (Phi) is 5.65. The number of nitrogens with two attached hydrogens (primary N) is 1. The van der Waals surface area contributed by atoms with Crippen LogP contribution in [0, 0.1) is 0 Å². The van der Waals surface area contributed by atoms with E-state index in [1.54, 1.807) is 0 Å². The number of quaternary nitrogens is 1. The largest absolute Gasteiger partial charge is 0.343 e. The van der Waals surface area contributed by atoms with Gasteiger partial charge >= 0.3 is 0 Å². The standard InChI is InChI=1S/C12H18ClN/c1-2-3-4-9-14-10-11-5-7-12(13)8-6-11/h5-8,14H,2-4,9-10H2,1H3/p+1. The lowest BCUT2D eigenvalue weighted by molar-refractivity contribution is -0.671. The van der Waals surface area contributed by atoms with Crippen molar-refractivity contribution in [2.24, 2.45) is 0 Å². The zero-order chi connectivity index (χ0) is 10.2. The fourth-order valence-corrected chi connectivity index (χ4v) is 1.55. The smallest absolute Gasteiger partial charge is 0.101 e. The number of rotatable bonds is 6. The molecule has 0 amide bonds. The molecule has 0 aliphatic rings. The average Bonchev–Trinajstić information content (AvgIpc) is 2.21. The highest BCUT2D eigenvalue weighted by molar-refractivity contribution is 6.30.